The molecule has 11 heteroatoms. The van der Waals surface area contributed by atoms with E-state index < -0.39 is 35.4 Å². The summed E-state index contributed by atoms with van der Waals surface area (Å²) >= 11 is 0. The molecule has 6 rings (SSSR count). The van der Waals surface area contributed by atoms with Gasteiger partial charge < -0.3 is 24.8 Å². The first-order chi connectivity index (χ1) is 20.3. The summed E-state index contributed by atoms with van der Waals surface area (Å²) in [5.41, 5.74) is -1.33. The van der Waals surface area contributed by atoms with Gasteiger partial charge in [0.25, 0.3) is 0 Å². The number of ether oxygens (including phenoxy) is 2. The smallest absolute Gasteiger partial charge is 0.330 e. The van der Waals surface area contributed by atoms with Gasteiger partial charge in [0.05, 0.1) is 18.9 Å². The number of hydrogen-bond donors (Lipinski definition) is 2. The van der Waals surface area contributed by atoms with Crippen molar-refractivity contribution in [3.8, 4) is 17.4 Å². The average molecular weight is 574 g/mol. The van der Waals surface area contributed by atoms with Crippen molar-refractivity contribution in [1.82, 2.24) is 25.0 Å². The molecule has 2 aliphatic carbocycles. The lowest BCUT2D eigenvalue weighted by Gasteiger charge is -2.26. The number of pyridine rings is 1. The number of rotatable bonds is 5. The highest BCUT2D eigenvalue weighted by atomic mass is 16.5. The van der Waals surface area contributed by atoms with Gasteiger partial charge in [0.15, 0.2) is 5.82 Å². The number of aromatic nitrogens is 3. The van der Waals surface area contributed by atoms with E-state index in [1.54, 1.807) is 42.2 Å². The fraction of sp³-hybridized carbons (Fsp3) is 0.452. The van der Waals surface area contributed by atoms with Crippen molar-refractivity contribution in [3.05, 3.63) is 54.9 Å². The van der Waals surface area contributed by atoms with Gasteiger partial charge in [0.1, 0.15) is 17.4 Å². The van der Waals surface area contributed by atoms with Crippen LogP contribution in [0, 0.1) is 17.8 Å². The lowest BCUT2D eigenvalue weighted by atomic mass is 9.93. The average Bonchev–Trinajstić information content (AvgIpc) is 3.31. The first kappa shape index (κ1) is 27.7. The molecule has 3 heterocycles. The van der Waals surface area contributed by atoms with Crippen LogP contribution < -0.4 is 14.8 Å². The van der Waals surface area contributed by atoms with Gasteiger partial charge in [-0.15, -0.1) is 0 Å². The molecule has 11 nitrogen and oxygen atoms in total. The third-order valence-electron chi connectivity index (χ3n) is 8.78. The van der Waals surface area contributed by atoms with Crippen LogP contribution in [0.4, 0.5) is 0 Å². The summed E-state index contributed by atoms with van der Waals surface area (Å²) in [5, 5.41) is 18.7. The number of amides is 2. The first-order valence-electron chi connectivity index (χ1n) is 14.4. The van der Waals surface area contributed by atoms with Crippen LogP contribution in [-0.2, 0) is 14.4 Å². The quantitative estimate of drug-likeness (QED) is 0.444. The molecule has 5 atom stereocenters. The van der Waals surface area contributed by atoms with E-state index in [0.29, 0.717) is 36.8 Å². The molecule has 1 aromatic carbocycles. The maximum absolute atomic E-state index is 13.7. The second-order valence-corrected chi connectivity index (χ2v) is 11.5. The molecule has 1 aliphatic heterocycles. The fourth-order valence-electron chi connectivity index (χ4n) is 6.28. The van der Waals surface area contributed by atoms with E-state index in [4.69, 9.17) is 14.5 Å². The summed E-state index contributed by atoms with van der Waals surface area (Å²) in [4.78, 5) is 46.0. The summed E-state index contributed by atoms with van der Waals surface area (Å²) < 4.78 is 13.6. The summed E-state index contributed by atoms with van der Waals surface area (Å²) in [6, 6.07) is 9.28. The minimum absolute atomic E-state index is 0.126. The molecule has 2 amide bonds. The maximum Gasteiger partial charge on any atom is 0.330 e. The van der Waals surface area contributed by atoms with Crippen LogP contribution >= 0.6 is 0 Å². The zero-order valence-corrected chi connectivity index (χ0v) is 23.7. The molecule has 220 valence electrons. The van der Waals surface area contributed by atoms with E-state index >= 15 is 0 Å². The standard InChI is InChI=1S/C31H35N5O6/c1-35-12-6-4-3-5-8-20-18-31(20,30(39)40)34-27(37)24-16-22(17-25(24)29(35)38)42-28-23-10-9-21(41-2)14-19(23)15-26(33-28)36-13-7-11-32-36/h5,7-11,13-15,20,22,24-25H,3-4,6,12,16-18H2,1-2H3,(H,34,37)(H,39,40)/b8-5-/t20-,22-,24-,25-,31-/m1/s1. The van der Waals surface area contributed by atoms with Gasteiger partial charge in [-0.1, -0.05) is 12.2 Å². The van der Waals surface area contributed by atoms with Gasteiger partial charge in [0.2, 0.25) is 17.7 Å². The van der Waals surface area contributed by atoms with Gasteiger partial charge in [-0.25, -0.2) is 9.48 Å². The molecule has 2 saturated carbocycles. The van der Waals surface area contributed by atoms with Crippen LogP contribution in [0.2, 0.25) is 0 Å². The second kappa shape index (κ2) is 11.1. The molecule has 3 aliphatic rings. The second-order valence-electron chi connectivity index (χ2n) is 11.5. The van der Waals surface area contributed by atoms with Gasteiger partial charge in [-0.3, -0.25) is 9.59 Å². The van der Waals surface area contributed by atoms with Crippen molar-refractivity contribution < 1.29 is 29.0 Å². The Morgan fingerprint density at radius 1 is 1.17 bits per heavy atom. The van der Waals surface area contributed by atoms with E-state index in [1.165, 1.54) is 0 Å². The summed E-state index contributed by atoms with van der Waals surface area (Å²) in [7, 11) is 3.37. The molecular formula is C31H35N5O6. The van der Waals surface area contributed by atoms with Crippen LogP contribution in [0.25, 0.3) is 16.6 Å². The lowest BCUT2D eigenvalue weighted by molar-refractivity contribution is -0.145. The Hall–Kier alpha value is -4.41. The van der Waals surface area contributed by atoms with Crippen LogP contribution in [0.5, 0.6) is 11.6 Å². The number of methoxy groups -OCH3 is 1. The predicted molar refractivity (Wildman–Crippen MR) is 153 cm³/mol. The third-order valence-corrected chi connectivity index (χ3v) is 8.78. The van der Waals surface area contributed by atoms with Gasteiger partial charge in [-0.05, 0) is 74.2 Å². The Balaban J connectivity index is 1.32. The monoisotopic (exact) mass is 573 g/mol. The molecule has 42 heavy (non-hydrogen) atoms. The molecule has 0 bridgehead atoms. The summed E-state index contributed by atoms with van der Waals surface area (Å²) in [5.74, 6) is -1.62. The van der Waals surface area contributed by atoms with Crippen LogP contribution in [-0.4, -0.2) is 74.9 Å². The van der Waals surface area contributed by atoms with Crippen LogP contribution in [0.1, 0.15) is 38.5 Å². The van der Waals surface area contributed by atoms with Gasteiger partial charge in [0, 0.05) is 37.3 Å². The fourth-order valence-corrected chi connectivity index (χ4v) is 6.28. The Kier molecular flexibility index (Phi) is 7.34. The Morgan fingerprint density at radius 3 is 2.76 bits per heavy atom. The number of carbonyl (C=O) groups is 3. The molecule has 2 aromatic heterocycles. The van der Waals surface area contributed by atoms with E-state index in [1.807, 2.05) is 36.4 Å². The zero-order chi connectivity index (χ0) is 29.4. The number of carbonyl (C=O) groups excluding carboxylic acids is 2. The zero-order valence-electron chi connectivity index (χ0n) is 23.7. The number of nitrogens with zero attached hydrogens (tertiary/aromatic N) is 4. The van der Waals surface area contributed by atoms with Crippen LogP contribution in [0.15, 0.2) is 54.9 Å². The van der Waals surface area contributed by atoms with E-state index in [9.17, 15) is 19.5 Å². The highest BCUT2D eigenvalue weighted by Gasteiger charge is 2.61. The molecule has 0 saturated heterocycles. The van der Waals surface area contributed by atoms with Crippen molar-refractivity contribution in [3.63, 3.8) is 0 Å². The van der Waals surface area contributed by atoms with Gasteiger partial charge in [-0.2, -0.15) is 10.1 Å². The number of carboxylic acids is 1. The third kappa shape index (κ3) is 5.19. The van der Waals surface area contributed by atoms with E-state index in [2.05, 4.69) is 10.4 Å². The molecule has 2 fully saturated rings. The number of allylic oxidation sites excluding steroid dienone is 1. The topological polar surface area (TPSA) is 136 Å². The summed E-state index contributed by atoms with van der Waals surface area (Å²) in [6.07, 6.45) is 10.3. The number of hydrogen-bond acceptors (Lipinski definition) is 7. The highest BCUT2D eigenvalue weighted by molar-refractivity contribution is 5.94. The van der Waals surface area contributed by atoms with Crippen LogP contribution in [0.3, 0.4) is 0 Å². The Morgan fingerprint density at radius 2 is 2.00 bits per heavy atom. The Labute approximate surface area is 243 Å². The van der Waals surface area contributed by atoms with E-state index in [0.717, 1.165) is 30.0 Å². The number of fused-ring (bicyclic) bond motifs is 3. The molecular weight excluding hydrogens is 538 g/mol. The highest BCUT2D eigenvalue weighted by Crippen LogP contribution is 2.46. The summed E-state index contributed by atoms with van der Waals surface area (Å²) in [6.45, 7) is 0.589. The SMILES string of the molecule is COc1ccc2c(O[C@@H]3C[C@H]4C(=O)N[C@]5(C(=O)O)C[C@H]5/C=C\CCCCN(C)C(=O)[C@@H]4C3)nc(-n3cccn3)cc2c1. The Bertz CT molecular complexity index is 1540. The van der Waals surface area contributed by atoms with Gasteiger partial charge >= 0.3 is 5.97 Å². The number of benzene rings is 1. The minimum atomic E-state index is -1.33. The maximum atomic E-state index is 13.7. The molecule has 0 unspecified atom stereocenters. The number of aliphatic carboxylic acids is 1. The van der Waals surface area contributed by atoms with E-state index in [-0.39, 0.29) is 18.2 Å². The molecule has 0 radical (unpaired) electrons. The molecule has 0 spiro atoms. The number of nitrogens with one attached hydrogen (secondary N) is 1. The molecule has 2 N–H and O–H groups in total. The lowest BCUT2D eigenvalue weighted by Crippen LogP contribution is -2.49. The van der Waals surface area contributed by atoms with Crippen molar-refractivity contribution in [2.24, 2.45) is 17.8 Å². The van der Waals surface area contributed by atoms with Crippen molar-refractivity contribution in [2.45, 2.75) is 50.2 Å². The number of carboxylic acid groups (broad SMARTS) is 1. The molecule has 3 aromatic rings. The first-order valence-corrected chi connectivity index (χ1v) is 14.4. The minimum Gasteiger partial charge on any atom is -0.497 e. The normalized spacial score (nSPS) is 28.8. The predicted octanol–water partition coefficient (Wildman–Crippen LogP) is 3.36. The van der Waals surface area contributed by atoms with Crippen molar-refractivity contribution >= 4 is 28.6 Å². The largest absolute Gasteiger partial charge is 0.497 e. The van der Waals surface area contributed by atoms with Crippen molar-refractivity contribution in [2.75, 3.05) is 20.7 Å². The van der Waals surface area contributed by atoms with Crippen molar-refractivity contribution in [1.29, 1.82) is 0 Å².